The summed E-state index contributed by atoms with van der Waals surface area (Å²) in [5, 5.41) is 5.74. The third-order valence-electron chi connectivity index (χ3n) is 3.60. The van der Waals surface area contributed by atoms with Crippen molar-refractivity contribution in [2.45, 2.75) is 6.10 Å². The van der Waals surface area contributed by atoms with Gasteiger partial charge in [-0.3, -0.25) is 4.79 Å². The monoisotopic (exact) mass is 332 g/mol. The summed E-state index contributed by atoms with van der Waals surface area (Å²) in [6, 6.07) is 4.51. The van der Waals surface area contributed by atoms with E-state index in [1.165, 1.54) is 25.6 Å². The molecule has 1 aromatic heterocycles. The van der Waals surface area contributed by atoms with Crippen LogP contribution in [0, 0.1) is 5.82 Å². The van der Waals surface area contributed by atoms with Crippen LogP contribution in [0.25, 0.3) is 0 Å². The Morgan fingerprint density at radius 2 is 2.29 bits per heavy atom. The summed E-state index contributed by atoms with van der Waals surface area (Å²) in [5.74, 6) is -0.599. The topological polar surface area (TPSA) is 85.4 Å². The van der Waals surface area contributed by atoms with Crippen LogP contribution < -0.4 is 15.4 Å². The molecule has 3 rings (SSSR count). The number of anilines is 1. The van der Waals surface area contributed by atoms with Gasteiger partial charge < -0.3 is 20.1 Å². The van der Waals surface area contributed by atoms with Crippen molar-refractivity contribution < 1.29 is 18.7 Å². The Balaban J connectivity index is 1.70. The number of nitrogens with one attached hydrogen (secondary N) is 2. The van der Waals surface area contributed by atoms with Crippen molar-refractivity contribution in [2.24, 2.45) is 0 Å². The summed E-state index contributed by atoms with van der Waals surface area (Å²) in [4.78, 5) is 19.9. The average molecular weight is 332 g/mol. The Hall–Kier alpha value is -2.58. The Morgan fingerprint density at radius 1 is 1.42 bits per heavy atom. The number of hydrogen-bond acceptors (Lipinski definition) is 6. The van der Waals surface area contributed by atoms with Gasteiger partial charge in [-0.1, -0.05) is 6.07 Å². The quantitative estimate of drug-likeness (QED) is 0.883. The smallest absolute Gasteiger partial charge is 0.275 e. The molecule has 1 aliphatic heterocycles. The molecule has 0 unspecified atom stereocenters. The molecule has 0 saturated carbocycles. The highest BCUT2D eigenvalue weighted by Gasteiger charge is 2.20. The van der Waals surface area contributed by atoms with Crippen LogP contribution >= 0.6 is 0 Å². The van der Waals surface area contributed by atoms with E-state index in [1.807, 2.05) is 0 Å². The van der Waals surface area contributed by atoms with Gasteiger partial charge in [-0.15, -0.1) is 0 Å². The third kappa shape index (κ3) is 3.66. The van der Waals surface area contributed by atoms with Crippen molar-refractivity contribution in [3.63, 3.8) is 0 Å². The molecule has 0 aliphatic carbocycles. The maximum Gasteiger partial charge on any atom is 0.275 e. The second kappa shape index (κ2) is 7.33. The lowest BCUT2D eigenvalue weighted by atomic mass is 10.1. The summed E-state index contributed by atoms with van der Waals surface area (Å²) < 4.78 is 24.7. The molecule has 7 nitrogen and oxygen atoms in total. The van der Waals surface area contributed by atoms with E-state index in [1.54, 1.807) is 12.1 Å². The number of benzene rings is 1. The number of nitrogens with zero attached hydrogens (tertiary/aromatic N) is 2. The third-order valence-corrected chi connectivity index (χ3v) is 3.60. The SMILES string of the molecule is COc1cnc(C(=O)Nc2ccc([C@H]3CNCCO3)c(F)c2)cn1. The van der Waals surface area contributed by atoms with Crippen LogP contribution in [0.1, 0.15) is 22.2 Å². The van der Waals surface area contributed by atoms with Gasteiger partial charge in [0.15, 0.2) is 0 Å². The molecule has 126 valence electrons. The first-order valence-electron chi connectivity index (χ1n) is 7.46. The molecule has 1 amide bonds. The summed E-state index contributed by atoms with van der Waals surface area (Å²) in [6.45, 7) is 1.86. The molecular formula is C16H17FN4O3. The molecule has 0 radical (unpaired) electrons. The molecule has 8 heteroatoms. The van der Waals surface area contributed by atoms with E-state index < -0.39 is 11.7 Å². The fourth-order valence-corrected chi connectivity index (χ4v) is 2.37. The number of ether oxygens (including phenoxy) is 2. The van der Waals surface area contributed by atoms with Gasteiger partial charge in [0, 0.05) is 24.3 Å². The fourth-order valence-electron chi connectivity index (χ4n) is 2.37. The van der Waals surface area contributed by atoms with Crippen molar-refractivity contribution in [3.05, 3.63) is 47.7 Å². The van der Waals surface area contributed by atoms with Gasteiger partial charge in [0.1, 0.15) is 11.5 Å². The zero-order valence-corrected chi connectivity index (χ0v) is 13.1. The number of morpholine rings is 1. The van der Waals surface area contributed by atoms with Gasteiger partial charge in [-0.25, -0.2) is 14.4 Å². The predicted molar refractivity (Wildman–Crippen MR) is 84.5 cm³/mol. The first kappa shape index (κ1) is 16.3. The molecular weight excluding hydrogens is 315 g/mol. The molecule has 24 heavy (non-hydrogen) atoms. The van der Waals surface area contributed by atoms with E-state index in [2.05, 4.69) is 20.6 Å². The van der Waals surface area contributed by atoms with Gasteiger partial charge in [0.2, 0.25) is 5.88 Å². The number of carbonyl (C=O) groups is 1. The van der Waals surface area contributed by atoms with E-state index in [9.17, 15) is 9.18 Å². The lowest BCUT2D eigenvalue weighted by molar-refractivity contribution is 0.0255. The number of aromatic nitrogens is 2. The minimum absolute atomic E-state index is 0.111. The number of amides is 1. The first-order valence-corrected chi connectivity index (χ1v) is 7.46. The summed E-state index contributed by atoms with van der Waals surface area (Å²) in [7, 11) is 1.46. The Kier molecular flexibility index (Phi) is 4.97. The van der Waals surface area contributed by atoms with Crippen molar-refractivity contribution in [1.82, 2.24) is 15.3 Å². The van der Waals surface area contributed by atoms with Crippen LogP contribution in [0.2, 0.25) is 0 Å². The maximum atomic E-state index is 14.3. The van der Waals surface area contributed by atoms with E-state index in [-0.39, 0.29) is 11.8 Å². The van der Waals surface area contributed by atoms with Crippen LogP contribution in [-0.4, -0.2) is 42.7 Å². The molecule has 0 spiro atoms. The van der Waals surface area contributed by atoms with E-state index >= 15 is 0 Å². The maximum absolute atomic E-state index is 14.3. The minimum Gasteiger partial charge on any atom is -0.480 e. The normalized spacial score (nSPS) is 17.3. The van der Waals surface area contributed by atoms with E-state index in [0.717, 1.165) is 6.54 Å². The zero-order valence-electron chi connectivity index (χ0n) is 13.1. The average Bonchev–Trinajstić information content (AvgIpc) is 2.62. The standard InChI is InChI=1S/C16H17FN4O3/c1-23-15-9-19-13(7-20-15)16(22)21-10-2-3-11(12(17)6-10)14-8-18-4-5-24-14/h2-3,6-7,9,14,18H,4-5,8H2,1H3,(H,21,22)/t14-/m1/s1. The van der Waals surface area contributed by atoms with Crippen molar-refractivity contribution in [2.75, 3.05) is 32.1 Å². The lowest BCUT2D eigenvalue weighted by Gasteiger charge is -2.24. The number of hydrogen-bond donors (Lipinski definition) is 2. The summed E-state index contributed by atoms with van der Waals surface area (Å²) >= 11 is 0. The Labute approximate surface area is 138 Å². The van der Waals surface area contributed by atoms with Crippen molar-refractivity contribution in [3.8, 4) is 5.88 Å². The molecule has 0 bridgehead atoms. The van der Waals surface area contributed by atoms with Crippen LogP contribution in [-0.2, 0) is 4.74 Å². The number of rotatable bonds is 4. The van der Waals surface area contributed by atoms with Gasteiger partial charge in [0.25, 0.3) is 5.91 Å². The number of halogens is 1. The molecule has 1 aromatic carbocycles. The van der Waals surface area contributed by atoms with Crippen LogP contribution in [0.3, 0.4) is 0 Å². The summed E-state index contributed by atoms with van der Waals surface area (Å²) in [6.07, 6.45) is 2.31. The van der Waals surface area contributed by atoms with Crippen LogP contribution in [0.5, 0.6) is 5.88 Å². The molecule has 1 fully saturated rings. The van der Waals surface area contributed by atoms with E-state index in [0.29, 0.717) is 30.3 Å². The highest BCUT2D eigenvalue weighted by atomic mass is 19.1. The van der Waals surface area contributed by atoms with Gasteiger partial charge >= 0.3 is 0 Å². The van der Waals surface area contributed by atoms with Gasteiger partial charge in [-0.2, -0.15) is 0 Å². The number of methoxy groups -OCH3 is 1. The lowest BCUT2D eigenvalue weighted by Crippen LogP contribution is -2.33. The second-order valence-electron chi connectivity index (χ2n) is 5.20. The highest BCUT2D eigenvalue weighted by Crippen LogP contribution is 2.24. The zero-order chi connectivity index (χ0) is 16.9. The molecule has 2 aromatic rings. The van der Waals surface area contributed by atoms with E-state index in [4.69, 9.17) is 9.47 Å². The van der Waals surface area contributed by atoms with Crippen molar-refractivity contribution in [1.29, 1.82) is 0 Å². The molecule has 1 aliphatic rings. The highest BCUT2D eigenvalue weighted by molar-refractivity contribution is 6.02. The molecule has 2 heterocycles. The van der Waals surface area contributed by atoms with Gasteiger partial charge in [-0.05, 0) is 12.1 Å². The number of carbonyl (C=O) groups excluding carboxylic acids is 1. The minimum atomic E-state index is -0.479. The van der Waals surface area contributed by atoms with Gasteiger partial charge in [0.05, 0.1) is 32.2 Å². The first-order chi connectivity index (χ1) is 11.7. The molecule has 1 saturated heterocycles. The summed E-state index contributed by atoms with van der Waals surface area (Å²) in [5.41, 5.74) is 0.909. The largest absolute Gasteiger partial charge is 0.480 e. The molecule has 2 N–H and O–H groups in total. The Morgan fingerprint density at radius 3 is 2.92 bits per heavy atom. The predicted octanol–water partition coefficient (Wildman–Crippen LogP) is 1.54. The fraction of sp³-hybridized carbons (Fsp3) is 0.312. The molecule has 1 atom stereocenters. The van der Waals surface area contributed by atoms with Crippen LogP contribution in [0.4, 0.5) is 10.1 Å². The Bertz CT molecular complexity index is 718. The van der Waals surface area contributed by atoms with Crippen LogP contribution in [0.15, 0.2) is 30.6 Å². The van der Waals surface area contributed by atoms with Crippen molar-refractivity contribution >= 4 is 11.6 Å². The second-order valence-corrected chi connectivity index (χ2v) is 5.20.